The summed E-state index contributed by atoms with van der Waals surface area (Å²) in [6.07, 6.45) is 0.569. The lowest BCUT2D eigenvalue weighted by atomic mass is 10.4. The molecule has 1 rings (SSSR count). The Hall–Kier alpha value is -1.41. The number of aliphatic hydroxyl groups excluding tert-OH is 1. The number of nitro groups is 1. The molecular formula is C9H14N4O3S. The average molecular weight is 258 g/mol. The number of anilines is 1. The molecule has 0 radical (unpaired) electrons. The van der Waals surface area contributed by atoms with Gasteiger partial charge >= 0.3 is 5.69 Å². The molecule has 0 aliphatic heterocycles. The number of hydrogen-bond donors (Lipinski definition) is 2. The normalized spacial score (nSPS) is 10.3. The Kier molecular flexibility index (Phi) is 5.11. The molecular weight excluding hydrogens is 244 g/mol. The number of nitrogens with one attached hydrogen (secondary N) is 1. The van der Waals surface area contributed by atoms with Crippen LogP contribution >= 0.6 is 11.8 Å². The third-order valence-corrected chi connectivity index (χ3v) is 3.02. The van der Waals surface area contributed by atoms with Crippen molar-refractivity contribution in [1.82, 2.24) is 9.97 Å². The second-order valence-corrected chi connectivity index (χ2v) is 4.30. The minimum atomic E-state index is -0.476. The first-order valence-electron chi connectivity index (χ1n) is 5.04. The van der Waals surface area contributed by atoms with Crippen LogP contribution in [0.4, 0.5) is 11.6 Å². The van der Waals surface area contributed by atoms with E-state index in [1.54, 1.807) is 14.0 Å². The fourth-order valence-corrected chi connectivity index (χ4v) is 2.17. The standard InChI is InChI=1S/C9H14N4O3S/c1-6-7(13(15)16)8(17-5-3-4-14)12-9(10-2)11-6/h14H,3-5H2,1-2H3,(H,10,11,12). The van der Waals surface area contributed by atoms with E-state index in [0.717, 1.165) is 0 Å². The van der Waals surface area contributed by atoms with Gasteiger partial charge in [-0.3, -0.25) is 10.1 Å². The predicted octanol–water partition coefficient (Wildman–Crippen LogP) is 1.21. The molecule has 1 aromatic rings. The second kappa shape index (κ2) is 6.36. The van der Waals surface area contributed by atoms with Crippen LogP contribution in [0.5, 0.6) is 0 Å². The number of aliphatic hydroxyl groups is 1. The van der Waals surface area contributed by atoms with Crippen LogP contribution in [0.1, 0.15) is 12.1 Å². The molecule has 0 aliphatic carbocycles. The zero-order valence-corrected chi connectivity index (χ0v) is 10.5. The van der Waals surface area contributed by atoms with Crippen LogP contribution in [0.2, 0.25) is 0 Å². The Morgan fingerprint density at radius 1 is 1.53 bits per heavy atom. The molecule has 8 heteroatoms. The quantitative estimate of drug-likeness (QED) is 0.260. The molecule has 0 aromatic carbocycles. The largest absolute Gasteiger partial charge is 0.396 e. The highest BCUT2D eigenvalue weighted by Crippen LogP contribution is 2.30. The van der Waals surface area contributed by atoms with Crippen molar-refractivity contribution in [3.63, 3.8) is 0 Å². The number of rotatable bonds is 6. The van der Waals surface area contributed by atoms with Crippen molar-refractivity contribution in [3.8, 4) is 0 Å². The van der Waals surface area contributed by atoms with Crippen LogP contribution in [0.3, 0.4) is 0 Å². The summed E-state index contributed by atoms with van der Waals surface area (Å²) in [5.74, 6) is 0.941. The highest BCUT2D eigenvalue weighted by molar-refractivity contribution is 7.99. The number of aromatic nitrogens is 2. The molecule has 1 aromatic heterocycles. The predicted molar refractivity (Wildman–Crippen MR) is 65.4 cm³/mol. The van der Waals surface area contributed by atoms with Crippen molar-refractivity contribution < 1.29 is 10.0 Å². The lowest BCUT2D eigenvalue weighted by molar-refractivity contribution is -0.389. The van der Waals surface area contributed by atoms with E-state index >= 15 is 0 Å². The third kappa shape index (κ3) is 3.53. The fraction of sp³-hybridized carbons (Fsp3) is 0.556. The number of aryl methyl sites for hydroxylation is 1. The van der Waals surface area contributed by atoms with E-state index in [1.807, 2.05) is 0 Å². The number of hydrogen-bond acceptors (Lipinski definition) is 7. The third-order valence-electron chi connectivity index (χ3n) is 1.97. The van der Waals surface area contributed by atoms with Crippen molar-refractivity contribution in [1.29, 1.82) is 0 Å². The molecule has 7 nitrogen and oxygen atoms in total. The van der Waals surface area contributed by atoms with Crippen molar-refractivity contribution in [2.45, 2.75) is 18.4 Å². The smallest absolute Gasteiger partial charge is 0.322 e. The van der Waals surface area contributed by atoms with E-state index in [1.165, 1.54) is 11.8 Å². The first-order valence-corrected chi connectivity index (χ1v) is 6.03. The minimum Gasteiger partial charge on any atom is -0.396 e. The van der Waals surface area contributed by atoms with Gasteiger partial charge < -0.3 is 10.4 Å². The number of thioether (sulfide) groups is 1. The maximum atomic E-state index is 10.9. The van der Waals surface area contributed by atoms with Gasteiger partial charge in [-0.15, -0.1) is 0 Å². The minimum absolute atomic E-state index is 0.0593. The second-order valence-electron chi connectivity index (χ2n) is 3.22. The Morgan fingerprint density at radius 2 is 2.24 bits per heavy atom. The first-order chi connectivity index (χ1) is 8.10. The summed E-state index contributed by atoms with van der Waals surface area (Å²) in [4.78, 5) is 18.5. The van der Waals surface area contributed by atoms with Crippen molar-refractivity contribution in [2.75, 3.05) is 24.7 Å². The van der Waals surface area contributed by atoms with Crippen molar-refractivity contribution >= 4 is 23.4 Å². The molecule has 0 saturated carbocycles. The van der Waals surface area contributed by atoms with E-state index in [4.69, 9.17) is 5.11 Å². The summed E-state index contributed by atoms with van der Waals surface area (Å²) in [7, 11) is 1.66. The summed E-state index contributed by atoms with van der Waals surface area (Å²) in [5, 5.41) is 22.7. The van der Waals surface area contributed by atoms with E-state index in [0.29, 0.717) is 28.8 Å². The molecule has 0 atom stereocenters. The molecule has 2 N–H and O–H groups in total. The highest BCUT2D eigenvalue weighted by Gasteiger charge is 2.21. The molecule has 0 fully saturated rings. The van der Waals surface area contributed by atoms with Gasteiger partial charge in [0.25, 0.3) is 0 Å². The van der Waals surface area contributed by atoms with Crippen molar-refractivity contribution in [3.05, 3.63) is 15.8 Å². The Bertz CT molecular complexity index is 413. The van der Waals surface area contributed by atoms with Gasteiger partial charge in [-0.1, -0.05) is 11.8 Å². The van der Waals surface area contributed by atoms with E-state index < -0.39 is 4.92 Å². The van der Waals surface area contributed by atoms with Crippen LogP contribution in [0.15, 0.2) is 5.03 Å². The summed E-state index contributed by atoms with van der Waals surface area (Å²) >= 11 is 1.25. The molecule has 1 heterocycles. The average Bonchev–Trinajstić information content (AvgIpc) is 2.28. The lowest BCUT2D eigenvalue weighted by Gasteiger charge is -2.06. The SMILES string of the molecule is CNc1nc(C)c([N+](=O)[O-])c(SCCCO)n1. The van der Waals surface area contributed by atoms with Crippen LogP contribution in [0.25, 0.3) is 0 Å². The monoisotopic (exact) mass is 258 g/mol. The van der Waals surface area contributed by atoms with Gasteiger partial charge in [0.05, 0.1) is 4.92 Å². The summed E-state index contributed by atoms with van der Waals surface area (Å²) in [6.45, 7) is 1.64. The fourth-order valence-electron chi connectivity index (χ4n) is 1.20. The maximum absolute atomic E-state index is 10.9. The first kappa shape index (κ1) is 13.7. The van der Waals surface area contributed by atoms with Crippen molar-refractivity contribution in [2.24, 2.45) is 0 Å². The number of nitrogens with zero attached hydrogens (tertiary/aromatic N) is 3. The van der Waals surface area contributed by atoms with Gasteiger partial charge in [0.1, 0.15) is 5.69 Å². The van der Waals surface area contributed by atoms with Crippen LogP contribution in [0, 0.1) is 17.0 Å². The topological polar surface area (TPSA) is 101 Å². The maximum Gasteiger partial charge on any atom is 0.322 e. The van der Waals surface area contributed by atoms with Crippen LogP contribution < -0.4 is 5.32 Å². The molecule has 0 spiro atoms. The summed E-state index contributed by atoms with van der Waals surface area (Å²) < 4.78 is 0. The molecule has 17 heavy (non-hydrogen) atoms. The molecule has 0 aliphatic rings. The van der Waals surface area contributed by atoms with Gasteiger partial charge in [-0.05, 0) is 13.3 Å². The van der Waals surface area contributed by atoms with Gasteiger partial charge in [-0.25, -0.2) is 4.98 Å². The Labute approximate surface area is 103 Å². The zero-order chi connectivity index (χ0) is 12.8. The molecule has 0 unspecified atom stereocenters. The molecule has 0 amide bonds. The molecule has 0 saturated heterocycles. The van der Waals surface area contributed by atoms with Gasteiger partial charge in [0.2, 0.25) is 5.95 Å². The van der Waals surface area contributed by atoms with Gasteiger partial charge in [0, 0.05) is 19.4 Å². The Balaban J connectivity index is 3.04. The summed E-state index contributed by atoms with van der Waals surface area (Å²) in [6, 6.07) is 0. The van der Waals surface area contributed by atoms with Crippen LogP contribution in [-0.2, 0) is 0 Å². The van der Waals surface area contributed by atoms with Crippen LogP contribution in [-0.4, -0.2) is 39.4 Å². The lowest BCUT2D eigenvalue weighted by Crippen LogP contribution is -2.04. The van der Waals surface area contributed by atoms with E-state index in [9.17, 15) is 10.1 Å². The van der Waals surface area contributed by atoms with E-state index in [2.05, 4.69) is 15.3 Å². The zero-order valence-electron chi connectivity index (χ0n) is 9.63. The summed E-state index contributed by atoms with van der Waals surface area (Å²) in [5.41, 5.74) is 0.271. The van der Waals surface area contributed by atoms with Gasteiger partial charge in [-0.2, -0.15) is 4.98 Å². The molecule has 94 valence electrons. The Morgan fingerprint density at radius 3 is 2.76 bits per heavy atom. The highest BCUT2D eigenvalue weighted by atomic mass is 32.2. The van der Waals surface area contributed by atoms with Gasteiger partial charge in [0.15, 0.2) is 5.03 Å². The van der Waals surface area contributed by atoms with E-state index in [-0.39, 0.29) is 12.3 Å². The molecule has 0 bridgehead atoms.